The molecule has 0 N–H and O–H groups in total. The van der Waals surface area contributed by atoms with Crippen LogP contribution in [0.2, 0.25) is 0 Å². The summed E-state index contributed by atoms with van der Waals surface area (Å²) in [7, 11) is 0. The van der Waals surface area contributed by atoms with Gasteiger partial charge in [0.2, 0.25) is 0 Å². The third-order valence-corrected chi connectivity index (χ3v) is 1.67. The maximum absolute atomic E-state index is 5.63. The van der Waals surface area contributed by atoms with Crippen LogP contribution in [-0.2, 0) is 4.74 Å². The van der Waals surface area contributed by atoms with Gasteiger partial charge < -0.3 is 4.74 Å². The lowest BCUT2D eigenvalue weighted by atomic mass is 9.96. The van der Waals surface area contributed by atoms with Crippen LogP contribution in [0.5, 0.6) is 0 Å². The summed E-state index contributed by atoms with van der Waals surface area (Å²) in [5.74, 6) is 0. The Balaban J connectivity index is 3.44. The average Bonchev–Trinajstić information content (AvgIpc) is 1.92. The average molecular weight is 198 g/mol. The van der Waals surface area contributed by atoms with Crippen LogP contribution in [-0.4, -0.2) is 12.2 Å². The molecule has 0 bridgehead atoms. The monoisotopic (exact) mass is 198 g/mol. The molecule has 0 rings (SSSR count). The molecule has 84 valence electrons. The first-order chi connectivity index (χ1) is 6.21. The van der Waals surface area contributed by atoms with E-state index in [1.807, 2.05) is 0 Å². The Labute approximate surface area is 89.5 Å². The molecule has 1 heteroatoms. The lowest BCUT2D eigenvalue weighted by Crippen LogP contribution is -2.19. The zero-order chi connectivity index (χ0) is 11.2. The third-order valence-electron chi connectivity index (χ3n) is 1.67. The van der Waals surface area contributed by atoms with Crippen LogP contribution in [0.3, 0.4) is 0 Å². The SMILES string of the molecule is CC(C)(C)/C=C\CCCOC(C)(C)C. The van der Waals surface area contributed by atoms with Crippen molar-refractivity contribution in [3.05, 3.63) is 12.2 Å². The van der Waals surface area contributed by atoms with Gasteiger partial charge in [0.1, 0.15) is 0 Å². The molecule has 14 heavy (non-hydrogen) atoms. The zero-order valence-corrected chi connectivity index (χ0v) is 10.7. The van der Waals surface area contributed by atoms with Crippen molar-refractivity contribution >= 4 is 0 Å². The highest BCUT2D eigenvalue weighted by Crippen LogP contribution is 2.15. The normalized spacial score (nSPS) is 13.9. The highest BCUT2D eigenvalue weighted by atomic mass is 16.5. The first-order valence-electron chi connectivity index (χ1n) is 5.52. The fourth-order valence-electron chi connectivity index (χ4n) is 1.02. The number of unbranched alkanes of at least 4 members (excludes halogenated alkanes) is 1. The summed E-state index contributed by atoms with van der Waals surface area (Å²) < 4.78 is 5.63. The van der Waals surface area contributed by atoms with E-state index in [9.17, 15) is 0 Å². The summed E-state index contributed by atoms with van der Waals surface area (Å²) in [4.78, 5) is 0. The molecule has 0 aromatic heterocycles. The molecular formula is C13H26O. The maximum Gasteiger partial charge on any atom is 0.0598 e. The van der Waals surface area contributed by atoms with Gasteiger partial charge in [-0.2, -0.15) is 0 Å². The van der Waals surface area contributed by atoms with E-state index < -0.39 is 0 Å². The maximum atomic E-state index is 5.63. The molecule has 1 nitrogen and oxygen atoms in total. The van der Waals surface area contributed by atoms with Gasteiger partial charge in [0.05, 0.1) is 5.60 Å². The quantitative estimate of drug-likeness (QED) is 0.486. The minimum absolute atomic E-state index is 0.00768. The van der Waals surface area contributed by atoms with Crippen molar-refractivity contribution in [3.63, 3.8) is 0 Å². The van der Waals surface area contributed by atoms with E-state index in [0.29, 0.717) is 5.41 Å². The first kappa shape index (κ1) is 13.7. The largest absolute Gasteiger partial charge is 0.376 e. The highest BCUT2D eigenvalue weighted by molar-refractivity contribution is 4.91. The van der Waals surface area contributed by atoms with E-state index in [2.05, 4.69) is 53.7 Å². The highest BCUT2D eigenvalue weighted by Gasteiger charge is 2.08. The molecule has 0 spiro atoms. The van der Waals surface area contributed by atoms with Gasteiger partial charge in [-0.25, -0.2) is 0 Å². The Morgan fingerprint density at radius 2 is 1.57 bits per heavy atom. The predicted molar refractivity (Wildman–Crippen MR) is 63.5 cm³/mol. The molecule has 0 aliphatic heterocycles. The van der Waals surface area contributed by atoms with Crippen LogP contribution < -0.4 is 0 Å². The molecule has 0 radical (unpaired) electrons. The molecule has 0 aliphatic rings. The smallest absolute Gasteiger partial charge is 0.0598 e. The van der Waals surface area contributed by atoms with Crippen LogP contribution in [0, 0.1) is 5.41 Å². The van der Waals surface area contributed by atoms with Crippen molar-refractivity contribution in [3.8, 4) is 0 Å². The zero-order valence-electron chi connectivity index (χ0n) is 10.7. The molecule has 0 unspecified atom stereocenters. The fraction of sp³-hybridized carbons (Fsp3) is 0.846. The summed E-state index contributed by atoms with van der Waals surface area (Å²) >= 11 is 0. The van der Waals surface area contributed by atoms with Gasteiger partial charge in [0, 0.05) is 6.61 Å². The molecule has 0 saturated carbocycles. The fourth-order valence-corrected chi connectivity index (χ4v) is 1.02. The number of rotatable bonds is 4. The van der Waals surface area contributed by atoms with E-state index in [0.717, 1.165) is 19.4 Å². The Kier molecular flexibility index (Phi) is 5.43. The molecule has 0 aromatic carbocycles. The third kappa shape index (κ3) is 11.7. The van der Waals surface area contributed by atoms with Crippen LogP contribution in [0.4, 0.5) is 0 Å². The van der Waals surface area contributed by atoms with Crippen molar-refractivity contribution in [2.75, 3.05) is 6.61 Å². The van der Waals surface area contributed by atoms with Gasteiger partial charge in [-0.3, -0.25) is 0 Å². The van der Waals surface area contributed by atoms with E-state index in [-0.39, 0.29) is 5.60 Å². The summed E-state index contributed by atoms with van der Waals surface area (Å²) in [6, 6.07) is 0. The van der Waals surface area contributed by atoms with Crippen molar-refractivity contribution < 1.29 is 4.74 Å². The second-order valence-corrected chi connectivity index (χ2v) is 5.87. The number of hydrogen-bond acceptors (Lipinski definition) is 1. The lowest BCUT2D eigenvalue weighted by molar-refractivity contribution is -0.00364. The van der Waals surface area contributed by atoms with Gasteiger partial charge in [0.25, 0.3) is 0 Å². The molecule has 0 amide bonds. The van der Waals surface area contributed by atoms with Gasteiger partial charge in [-0.05, 0) is 39.0 Å². The Bertz CT molecular complexity index is 167. The van der Waals surface area contributed by atoms with Gasteiger partial charge >= 0.3 is 0 Å². The van der Waals surface area contributed by atoms with Crippen molar-refractivity contribution in [1.29, 1.82) is 0 Å². The minimum atomic E-state index is 0.00768. The van der Waals surface area contributed by atoms with Crippen LogP contribution >= 0.6 is 0 Å². The Morgan fingerprint density at radius 3 is 2.00 bits per heavy atom. The molecule has 0 fully saturated rings. The summed E-state index contributed by atoms with van der Waals surface area (Å²) in [5.41, 5.74) is 0.318. The molecule has 0 aliphatic carbocycles. The molecule has 0 heterocycles. The number of hydrogen-bond donors (Lipinski definition) is 0. The van der Waals surface area contributed by atoms with Crippen LogP contribution in [0.25, 0.3) is 0 Å². The minimum Gasteiger partial charge on any atom is -0.376 e. The van der Waals surface area contributed by atoms with E-state index in [1.165, 1.54) is 0 Å². The topological polar surface area (TPSA) is 9.23 Å². The van der Waals surface area contributed by atoms with E-state index in [4.69, 9.17) is 4.74 Å². The Morgan fingerprint density at radius 1 is 1.00 bits per heavy atom. The van der Waals surface area contributed by atoms with Gasteiger partial charge in [-0.1, -0.05) is 32.9 Å². The lowest BCUT2D eigenvalue weighted by Gasteiger charge is -2.19. The first-order valence-corrected chi connectivity index (χ1v) is 5.52. The second kappa shape index (κ2) is 5.55. The molecular weight excluding hydrogens is 172 g/mol. The summed E-state index contributed by atoms with van der Waals surface area (Å²) in [5, 5.41) is 0. The van der Waals surface area contributed by atoms with Crippen molar-refractivity contribution in [1.82, 2.24) is 0 Å². The Hall–Kier alpha value is -0.300. The van der Waals surface area contributed by atoms with Crippen molar-refractivity contribution in [2.45, 2.75) is 60.0 Å². The van der Waals surface area contributed by atoms with Gasteiger partial charge in [0.15, 0.2) is 0 Å². The van der Waals surface area contributed by atoms with E-state index in [1.54, 1.807) is 0 Å². The van der Waals surface area contributed by atoms with Crippen LogP contribution in [0.15, 0.2) is 12.2 Å². The standard InChI is InChI=1S/C13H26O/c1-12(2,3)10-8-7-9-11-14-13(4,5)6/h8,10H,7,9,11H2,1-6H3/b10-8-. The summed E-state index contributed by atoms with van der Waals surface area (Å²) in [6.07, 6.45) is 6.76. The summed E-state index contributed by atoms with van der Waals surface area (Å²) in [6.45, 7) is 13.8. The molecule has 0 aromatic rings. The number of allylic oxidation sites excluding steroid dienone is 2. The second-order valence-electron chi connectivity index (χ2n) is 5.87. The van der Waals surface area contributed by atoms with E-state index >= 15 is 0 Å². The molecule has 0 atom stereocenters. The van der Waals surface area contributed by atoms with Crippen molar-refractivity contribution in [2.24, 2.45) is 5.41 Å². The van der Waals surface area contributed by atoms with Crippen LogP contribution in [0.1, 0.15) is 54.4 Å². The predicted octanol–water partition coefficient (Wildman–Crippen LogP) is 4.18. The molecule has 0 saturated heterocycles. The number of ether oxygens (including phenoxy) is 1. The van der Waals surface area contributed by atoms with Gasteiger partial charge in [-0.15, -0.1) is 0 Å².